The summed E-state index contributed by atoms with van der Waals surface area (Å²) in [6.07, 6.45) is 0.00375. The summed E-state index contributed by atoms with van der Waals surface area (Å²) in [5.74, 6) is -0.695. The molecule has 300 valence electrons. The molecule has 1 amide bonds. The number of amides is 1. The third-order valence-electron chi connectivity index (χ3n) is 13.0. The van der Waals surface area contributed by atoms with E-state index in [0.717, 1.165) is 12.0 Å². The van der Waals surface area contributed by atoms with Crippen LogP contribution in [0.2, 0.25) is 0 Å². The van der Waals surface area contributed by atoms with Crippen molar-refractivity contribution in [3.63, 3.8) is 0 Å². The van der Waals surface area contributed by atoms with Gasteiger partial charge in [0.1, 0.15) is 11.6 Å². The van der Waals surface area contributed by atoms with Crippen LogP contribution in [0.15, 0.2) is 77.7 Å². The van der Waals surface area contributed by atoms with Gasteiger partial charge >= 0.3 is 0 Å². The lowest BCUT2D eigenvalue weighted by molar-refractivity contribution is -0.299. The van der Waals surface area contributed by atoms with Crippen molar-refractivity contribution in [3.05, 3.63) is 95.6 Å². The first kappa shape index (κ1) is 41.4. The van der Waals surface area contributed by atoms with E-state index in [1.54, 1.807) is 41.3 Å². The molecular formula is C44H57F2NO7S. The molecule has 0 radical (unpaired) electrons. The molecule has 3 fully saturated rings. The maximum absolute atomic E-state index is 14.0. The second kappa shape index (κ2) is 17.1. The van der Waals surface area contributed by atoms with Crippen molar-refractivity contribution in [3.8, 4) is 0 Å². The molecular weight excluding hydrogens is 725 g/mol. The highest BCUT2D eigenvalue weighted by Crippen LogP contribution is 2.47. The van der Waals surface area contributed by atoms with Crippen molar-refractivity contribution in [2.45, 2.75) is 122 Å². The lowest BCUT2D eigenvalue weighted by atomic mass is 9.77. The van der Waals surface area contributed by atoms with Crippen LogP contribution in [0.5, 0.6) is 0 Å². The molecule has 3 heterocycles. The maximum atomic E-state index is 14.0. The fraction of sp³-hybridized carbons (Fsp3) is 0.568. The van der Waals surface area contributed by atoms with E-state index in [0.29, 0.717) is 35.9 Å². The van der Waals surface area contributed by atoms with Gasteiger partial charge in [-0.25, -0.2) is 17.2 Å². The topological polar surface area (TPSA) is 102 Å². The molecule has 55 heavy (non-hydrogen) atoms. The van der Waals surface area contributed by atoms with E-state index < -0.39 is 45.6 Å². The first-order valence-electron chi connectivity index (χ1n) is 20.0. The average Bonchev–Trinajstić information content (AvgIpc) is 3.17. The van der Waals surface area contributed by atoms with E-state index in [2.05, 4.69) is 34.6 Å². The van der Waals surface area contributed by atoms with Crippen LogP contribution in [-0.2, 0) is 28.8 Å². The molecule has 11 heteroatoms. The Morgan fingerprint density at radius 1 is 0.745 bits per heavy atom. The van der Waals surface area contributed by atoms with Crippen LogP contribution in [-0.4, -0.2) is 55.9 Å². The number of carbonyl (C=O) groups is 1. The Hall–Kier alpha value is -3.22. The Morgan fingerprint density at radius 3 is 1.93 bits per heavy atom. The van der Waals surface area contributed by atoms with Gasteiger partial charge in [0.05, 0.1) is 53.1 Å². The second-order valence-electron chi connectivity index (χ2n) is 16.2. The number of β-lactam (4-membered cyclic amide) rings is 1. The summed E-state index contributed by atoms with van der Waals surface area (Å²) in [5.41, 5.74) is 1.79. The van der Waals surface area contributed by atoms with Gasteiger partial charge in [0.15, 0.2) is 16.1 Å². The van der Waals surface area contributed by atoms with Crippen molar-refractivity contribution in [1.29, 1.82) is 0 Å². The van der Waals surface area contributed by atoms with Gasteiger partial charge in [0.25, 0.3) is 0 Å². The lowest BCUT2D eigenvalue weighted by Gasteiger charge is -2.49. The zero-order valence-corrected chi connectivity index (χ0v) is 33.8. The number of sulfone groups is 1. The standard InChI is InChI=1S/C44H57F2NO7S/c1-8-38-26(4)25(3)29(7)44(53-38)54-42-28(6)27(5)40(52-39(42)9-2)24-55(50,51)35-20-12-31(13-21-35)41-36(22-23-37(48)30-10-14-32(45)15-11-30)43(49)47(41)34-18-16-33(46)17-19-34/h10-21,25-29,36-42,44,48H,8-9,22-24H2,1-7H3/t25-,26+,27+,28+,29+,36+,37-,38?,39?,40?,41+,42+,44?/m0/s1. The van der Waals surface area contributed by atoms with Crippen molar-refractivity contribution in [1.82, 2.24) is 0 Å². The largest absolute Gasteiger partial charge is 0.388 e. The summed E-state index contributed by atoms with van der Waals surface area (Å²) in [7, 11) is -3.78. The molecule has 8 nitrogen and oxygen atoms in total. The highest BCUT2D eigenvalue weighted by Gasteiger charge is 2.49. The number of carbonyl (C=O) groups excluding carboxylic acids is 1. The number of ether oxygens (including phenoxy) is 3. The van der Waals surface area contributed by atoms with E-state index in [4.69, 9.17) is 14.2 Å². The third kappa shape index (κ3) is 8.56. The fourth-order valence-electron chi connectivity index (χ4n) is 8.87. The van der Waals surface area contributed by atoms with Crippen LogP contribution in [0.25, 0.3) is 0 Å². The molecule has 1 N–H and O–H groups in total. The zero-order valence-electron chi connectivity index (χ0n) is 33.0. The van der Waals surface area contributed by atoms with E-state index >= 15 is 0 Å². The summed E-state index contributed by atoms with van der Waals surface area (Å²) < 4.78 is 75.0. The van der Waals surface area contributed by atoms with Gasteiger partial charge in [-0.1, -0.05) is 72.7 Å². The SMILES string of the molecule is CCC1OC(O[C@H]2C(CC)OC(CS(=O)(=O)c3ccc([C@@H]4[C@@H](CC[C@H](O)c5ccc(F)cc5)C(=O)N4c4ccc(F)cc4)cc3)[C@H](C)[C@H]2C)[C@H](C)[C@@H](C)[C@H]1C. The zero-order chi connectivity index (χ0) is 39.8. The minimum absolute atomic E-state index is 0.0268. The molecule has 3 saturated heterocycles. The predicted octanol–water partition coefficient (Wildman–Crippen LogP) is 8.83. The summed E-state index contributed by atoms with van der Waals surface area (Å²) in [6, 6.07) is 17.4. The van der Waals surface area contributed by atoms with Gasteiger partial charge in [-0.3, -0.25) is 4.79 Å². The van der Waals surface area contributed by atoms with E-state index in [-0.39, 0.29) is 65.3 Å². The van der Waals surface area contributed by atoms with Gasteiger partial charge in [-0.15, -0.1) is 0 Å². The minimum Gasteiger partial charge on any atom is -0.388 e. The summed E-state index contributed by atoms with van der Waals surface area (Å²) >= 11 is 0. The minimum atomic E-state index is -3.78. The number of benzene rings is 3. The van der Waals surface area contributed by atoms with Gasteiger partial charge in [0, 0.05) is 11.6 Å². The number of aliphatic hydroxyl groups excluding tert-OH is 1. The molecule has 4 unspecified atom stereocenters. The van der Waals surface area contributed by atoms with Crippen LogP contribution < -0.4 is 4.90 Å². The Morgan fingerprint density at radius 2 is 1.33 bits per heavy atom. The number of anilines is 1. The van der Waals surface area contributed by atoms with Crippen molar-refractivity contribution in [2.75, 3.05) is 10.7 Å². The molecule has 0 spiro atoms. The van der Waals surface area contributed by atoms with Crippen LogP contribution >= 0.6 is 0 Å². The molecule has 3 aliphatic rings. The van der Waals surface area contributed by atoms with Crippen molar-refractivity contribution in [2.24, 2.45) is 35.5 Å². The van der Waals surface area contributed by atoms with Gasteiger partial charge < -0.3 is 24.2 Å². The Bertz CT molecular complexity index is 1850. The smallest absolute Gasteiger partial charge is 0.233 e. The number of aliphatic hydroxyl groups is 1. The summed E-state index contributed by atoms with van der Waals surface area (Å²) in [5, 5.41) is 10.8. The molecule has 3 aromatic rings. The molecule has 0 bridgehead atoms. The number of nitrogens with zero attached hydrogens (tertiary/aromatic N) is 1. The molecule has 13 atom stereocenters. The van der Waals surface area contributed by atoms with Crippen LogP contribution in [0, 0.1) is 47.1 Å². The molecule has 3 aliphatic heterocycles. The molecule has 0 saturated carbocycles. The second-order valence-corrected chi connectivity index (χ2v) is 18.2. The third-order valence-corrected chi connectivity index (χ3v) is 14.8. The summed E-state index contributed by atoms with van der Waals surface area (Å²) in [6.45, 7) is 15.0. The Labute approximate surface area is 325 Å². The van der Waals surface area contributed by atoms with E-state index in [1.165, 1.54) is 36.4 Å². The molecule has 3 aromatic carbocycles. The normalized spacial score (nSPS) is 33.3. The number of halogens is 2. The molecule has 0 aliphatic carbocycles. The highest BCUT2D eigenvalue weighted by molar-refractivity contribution is 7.91. The van der Waals surface area contributed by atoms with Crippen LogP contribution in [0.3, 0.4) is 0 Å². The number of rotatable bonds is 13. The molecule has 0 aromatic heterocycles. The predicted molar refractivity (Wildman–Crippen MR) is 208 cm³/mol. The van der Waals surface area contributed by atoms with Crippen molar-refractivity contribution < 1.29 is 41.3 Å². The van der Waals surface area contributed by atoms with Gasteiger partial charge in [-0.05, 0) is 109 Å². The Kier molecular flexibility index (Phi) is 12.9. The monoisotopic (exact) mass is 781 g/mol. The van der Waals surface area contributed by atoms with Crippen LogP contribution in [0.1, 0.15) is 97.4 Å². The van der Waals surface area contributed by atoms with Crippen molar-refractivity contribution >= 4 is 21.4 Å². The fourth-order valence-corrected chi connectivity index (χ4v) is 10.4. The maximum Gasteiger partial charge on any atom is 0.233 e. The average molecular weight is 782 g/mol. The quantitative estimate of drug-likeness (QED) is 0.173. The van der Waals surface area contributed by atoms with E-state index in [9.17, 15) is 27.1 Å². The number of hydrogen-bond donors (Lipinski definition) is 1. The van der Waals surface area contributed by atoms with Gasteiger partial charge in [-0.2, -0.15) is 0 Å². The number of hydrogen-bond acceptors (Lipinski definition) is 7. The lowest BCUT2D eigenvalue weighted by Crippen LogP contribution is -2.55. The van der Waals surface area contributed by atoms with E-state index in [1.807, 2.05) is 13.8 Å². The highest BCUT2D eigenvalue weighted by atomic mass is 32.2. The summed E-state index contributed by atoms with van der Waals surface area (Å²) in [4.78, 5) is 15.3. The first-order valence-corrected chi connectivity index (χ1v) is 21.6. The molecule has 6 rings (SSSR count). The Balaban J connectivity index is 1.16. The first-order chi connectivity index (χ1) is 26.1. The van der Waals surface area contributed by atoms with Gasteiger partial charge in [0.2, 0.25) is 5.91 Å². The van der Waals surface area contributed by atoms with Crippen LogP contribution in [0.4, 0.5) is 14.5 Å².